The SMILES string of the molecule is CCC[Si]1(C)C2=Cc3c(-c4ccccc4CC)cccc3[CH]2[Hf]([CH3])([CH3])[CH]2C1=Cc1c(-c3ccccc3CC)cccc12. The number of allylic oxidation sites excluding steroid dienone is 2. The third-order valence-electron chi connectivity index (χ3n) is 11.0. The van der Waals surface area contributed by atoms with Crippen molar-refractivity contribution in [2.24, 2.45) is 0 Å². The summed E-state index contributed by atoms with van der Waals surface area (Å²) in [7, 11) is -1.89. The Morgan fingerprint density at radius 1 is 0.571 bits per heavy atom. The van der Waals surface area contributed by atoms with Crippen LogP contribution >= 0.6 is 0 Å². The predicted molar refractivity (Wildman–Crippen MR) is 182 cm³/mol. The molecule has 4 aromatic rings. The third-order valence-corrected chi connectivity index (χ3v) is 33.2. The Balaban J connectivity index is 1.46. The first-order valence-electron chi connectivity index (χ1n) is 16.2. The van der Waals surface area contributed by atoms with Crippen molar-refractivity contribution in [2.45, 2.75) is 69.3 Å². The quantitative estimate of drug-likeness (QED) is 0.173. The summed E-state index contributed by atoms with van der Waals surface area (Å²) in [4.78, 5) is 0. The van der Waals surface area contributed by atoms with Gasteiger partial charge in [-0.05, 0) is 0 Å². The van der Waals surface area contributed by atoms with E-state index in [1.165, 1.54) is 45.8 Å². The van der Waals surface area contributed by atoms with Crippen LogP contribution in [-0.2, 0) is 32.8 Å². The molecule has 0 aromatic heterocycles. The number of hydrogen-bond donors (Lipinski definition) is 0. The van der Waals surface area contributed by atoms with Crippen LogP contribution in [0.3, 0.4) is 0 Å². The van der Waals surface area contributed by atoms with Crippen LogP contribution in [0.2, 0.25) is 22.0 Å². The van der Waals surface area contributed by atoms with Crippen molar-refractivity contribution in [1.82, 2.24) is 0 Å². The molecule has 0 N–H and O–H groups in total. The summed E-state index contributed by atoms with van der Waals surface area (Å²) >= 11 is -3.03. The van der Waals surface area contributed by atoms with Gasteiger partial charge >= 0.3 is 260 Å². The van der Waals surface area contributed by atoms with Crippen LogP contribution in [0.1, 0.15) is 67.9 Å². The van der Waals surface area contributed by atoms with E-state index in [4.69, 9.17) is 0 Å². The summed E-state index contributed by atoms with van der Waals surface area (Å²) in [5.41, 5.74) is 15.1. The van der Waals surface area contributed by atoms with Crippen molar-refractivity contribution in [2.75, 3.05) is 0 Å². The van der Waals surface area contributed by atoms with Crippen LogP contribution in [0.5, 0.6) is 0 Å². The fourth-order valence-corrected chi connectivity index (χ4v) is 41.6. The first kappa shape index (κ1) is 28.2. The molecule has 3 aliphatic rings. The van der Waals surface area contributed by atoms with Gasteiger partial charge in [0.15, 0.2) is 0 Å². The molecule has 7 rings (SSSR count). The topological polar surface area (TPSA) is 0 Å². The van der Waals surface area contributed by atoms with Crippen LogP contribution in [0.4, 0.5) is 0 Å². The van der Waals surface area contributed by atoms with Gasteiger partial charge in [0.05, 0.1) is 0 Å². The van der Waals surface area contributed by atoms with Gasteiger partial charge in [-0.2, -0.15) is 0 Å². The molecule has 0 amide bonds. The van der Waals surface area contributed by atoms with E-state index in [-0.39, 0.29) is 0 Å². The van der Waals surface area contributed by atoms with Gasteiger partial charge in [-0.1, -0.05) is 0 Å². The Kier molecular flexibility index (Phi) is 7.10. The van der Waals surface area contributed by atoms with Crippen molar-refractivity contribution in [3.8, 4) is 22.3 Å². The Labute approximate surface area is 258 Å². The van der Waals surface area contributed by atoms with E-state index >= 15 is 0 Å². The minimum absolute atomic E-state index is 0.684. The molecule has 2 aliphatic carbocycles. The predicted octanol–water partition coefficient (Wildman–Crippen LogP) is 11.6. The van der Waals surface area contributed by atoms with Crippen LogP contribution in [0.15, 0.2) is 95.3 Å². The maximum atomic E-state index is 2.80. The van der Waals surface area contributed by atoms with Gasteiger partial charge in [0.2, 0.25) is 0 Å². The summed E-state index contributed by atoms with van der Waals surface area (Å²) in [6.45, 7) is 9.76. The van der Waals surface area contributed by atoms with Crippen LogP contribution in [0, 0.1) is 0 Å². The molecule has 4 aromatic carbocycles. The molecule has 0 spiro atoms. The third kappa shape index (κ3) is 4.01. The molecule has 2 unspecified atom stereocenters. The van der Waals surface area contributed by atoms with Crippen molar-refractivity contribution in [1.29, 1.82) is 0 Å². The second-order valence-electron chi connectivity index (χ2n) is 13.6. The summed E-state index contributed by atoms with van der Waals surface area (Å²) in [6, 6.07) is 34.1. The Morgan fingerprint density at radius 3 is 1.43 bits per heavy atom. The second kappa shape index (κ2) is 10.6. The number of benzene rings is 4. The van der Waals surface area contributed by atoms with Crippen LogP contribution in [0.25, 0.3) is 34.4 Å². The first-order chi connectivity index (χ1) is 20.3. The van der Waals surface area contributed by atoms with E-state index in [0.29, 0.717) is 7.35 Å². The van der Waals surface area contributed by atoms with Gasteiger partial charge in [-0.3, -0.25) is 0 Å². The molecule has 0 radical (unpaired) electrons. The van der Waals surface area contributed by atoms with Crippen molar-refractivity contribution in [3.05, 3.63) is 129 Å². The monoisotopic (exact) mass is 732 g/mol. The molecule has 212 valence electrons. The fraction of sp³-hybridized carbons (Fsp3) is 0.300. The summed E-state index contributed by atoms with van der Waals surface area (Å²) in [6.07, 6.45) is 8.90. The fourth-order valence-electron chi connectivity index (χ4n) is 9.14. The number of aryl methyl sites for hydroxylation is 2. The molecule has 1 saturated heterocycles. The Hall–Kier alpha value is -2.55. The van der Waals surface area contributed by atoms with Crippen molar-refractivity contribution < 1.29 is 20.0 Å². The standard InChI is InChI=1S/C38H38Si.2CH3.Hf/c1-5-22-39(4,31-23-29-16-12-20-35(37(29)25-31)33-18-10-8-14-27(33)6-2)32-24-30-17-13-21-36(38(30)26-32)34-19-11-9-15-28(34)7-3;;;/h8-21,23-26H,5-7,22H2,1-4H3;2*1H3;. The average molecular weight is 731 g/mol. The average Bonchev–Trinajstić information content (AvgIpc) is 3.62. The van der Waals surface area contributed by atoms with E-state index in [1.807, 2.05) is 10.4 Å². The van der Waals surface area contributed by atoms with Gasteiger partial charge in [0, 0.05) is 0 Å². The molecular weight excluding hydrogens is 687 g/mol. The summed E-state index contributed by atoms with van der Waals surface area (Å²) in [5, 5.41) is 3.75. The second-order valence-corrected chi connectivity index (χ2v) is 35.2. The molecule has 2 atom stereocenters. The molecule has 1 fully saturated rings. The van der Waals surface area contributed by atoms with Crippen molar-refractivity contribution in [3.63, 3.8) is 0 Å². The zero-order chi connectivity index (χ0) is 29.2. The van der Waals surface area contributed by atoms with Gasteiger partial charge in [-0.25, -0.2) is 0 Å². The Bertz CT molecular complexity index is 1650. The van der Waals surface area contributed by atoms with E-state index in [0.717, 1.165) is 12.8 Å². The molecular formula is C40H44HfSi. The van der Waals surface area contributed by atoms with E-state index in [1.54, 1.807) is 22.3 Å². The zero-order valence-electron chi connectivity index (χ0n) is 26.2. The molecule has 0 bridgehead atoms. The molecule has 42 heavy (non-hydrogen) atoms. The summed E-state index contributed by atoms with van der Waals surface area (Å²) < 4.78 is 6.97. The number of hydrogen-bond acceptors (Lipinski definition) is 0. The van der Waals surface area contributed by atoms with E-state index in [9.17, 15) is 0 Å². The molecule has 1 aliphatic heterocycles. The van der Waals surface area contributed by atoms with Crippen molar-refractivity contribution >= 4 is 20.2 Å². The molecule has 0 nitrogen and oxygen atoms in total. The zero-order valence-corrected chi connectivity index (χ0v) is 30.8. The normalized spacial score (nSPS) is 23.0. The van der Waals surface area contributed by atoms with Gasteiger partial charge in [-0.15, -0.1) is 0 Å². The summed E-state index contributed by atoms with van der Waals surface area (Å²) in [5.74, 6) is 0. The first-order valence-corrected chi connectivity index (χ1v) is 30.3. The molecule has 2 heteroatoms. The van der Waals surface area contributed by atoms with Crippen LogP contribution in [-0.4, -0.2) is 8.07 Å². The molecule has 1 heterocycles. The molecule has 0 saturated carbocycles. The van der Waals surface area contributed by atoms with Gasteiger partial charge in [0.25, 0.3) is 0 Å². The van der Waals surface area contributed by atoms with Crippen LogP contribution < -0.4 is 0 Å². The number of rotatable bonds is 6. The number of fused-ring (bicyclic) bond motifs is 6. The van der Waals surface area contributed by atoms with E-state index in [2.05, 4.69) is 134 Å². The van der Waals surface area contributed by atoms with E-state index < -0.39 is 28.0 Å². The van der Waals surface area contributed by atoms with Gasteiger partial charge in [0.1, 0.15) is 0 Å². The maximum absolute atomic E-state index is 3.03. The van der Waals surface area contributed by atoms with Gasteiger partial charge < -0.3 is 0 Å². The Morgan fingerprint density at radius 2 is 1.00 bits per heavy atom. The minimum atomic E-state index is -3.03.